The van der Waals surface area contributed by atoms with Crippen LogP contribution in [0, 0.1) is 11.3 Å². The van der Waals surface area contributed by atoms with Crippen molar-refractivity contribution >= 4 is 6.09 Å². The van der Waals surface area contributed by atoms with Crippen molar-refractivity contribution in [3.63, 3.8) is 0 Å². The van der Waals surface area contributed by atoms with Crippen LogP contribution in [0.5, 0.6) is 0 Å². The Morgan fingerprint density at radius 2 is 2.17 bits per heavy atom. The molecule has 0 bridgehead atoms. The topological polar surface area (TPSA) is 65.4 Å². The fourth-order valence-corrected chi connectivity index (χ4v) is 2.21. The summed E-state index contributed by atoms with van der Waals surface area (Å²) in [6.45, 7) is 5.80. The number of piperidine rings is 1. The molecule has 1 aliphatic rings. The fraction of sp³-hybridized carbons (Fsp3) is 0.846. The molecule has 1 saturated heterocycles. The third-order valence-electron chi connectivity index (χ3n) is 3.32. The lowest BCUT2D eigenvalue weighted by atomic mass is 10.0. The molecule has 102 valence electrons. The van der Waals surface area contributed by atoms with Gasteiger partial charge in [0.25, 0.3) is 0 Å². The standard InChI is InChI=1S/C13H23N3O2/c1-3-11(5-8-14)15-12-6-9-16(10-7-12)13(17)18-4-2/h11-12,15H,3-7,9-10H2,1-2H3. The zero-order valence-electron chi connectivity index (χ0n) is 11.3. The van der Waals surface area contributed by atoms with Crippen molar-refractivity contribution in [2.45, 2.75) is 51.6 Å². The number of nitrogens with zero attached hydrogens (tertiary/aromatic N) is 2. The summed E-state index contributed by atoms with van der Waals surface area (Å²) in [4.78, 5) is 13.3. The van der Waals surface area contributed by atoms with E-state index >= 15 is 0 Å². The highest BCUT2D eigenvalue weighted by Crippen LogP contribution is 2.13. The van der Waals surface area contributed by atoms with Gasteiger partial charge in [-0.25, -0.2) is 4.79 Å². The highest BCUT2D eigenvalue weighted by atomic mass is 16.6. The summed E-state index contributed by atoms with van der Waals surface area (Å²) in [5, 5.41) is 12.2. The van der Waals surface area contributed by atoms with E-state index in [2.05, 4.69) is 18.3 Å². The molecule has 1 aliphatic heterocycles. The first-order valence-corrected chi connectivity index (χ1v) is 6.75. The summed E-state index contributed by atoms with van der Waals surface area (Å²) in [5.41, 5.74) is 0. The molecule has 0 aliphatic carbocycles. The van der Waals surface area contributed by atoms with Gasteiger partial charge >= 0.3 is 6.09 Å². The number of rotatable bonds is 5. The van der Waals surface area contributed by atoms with Crippen LogP contribution in [-0.4, -0.2) is 42.8 Å². The van der Waals surface area contributed by atoms with Crippen molar-refractivity contribution in [2.24, 2.45) is 0 Å². The second kappa shape index (κ2) is 7.93. The van der Waals surface area contributed by atoms with Gasteiger partial charge in [-0.05, 0) is 26.2 Å². The maximum Gasteiger partial charge on any atom is 0.409 e. The molecule has 0 radical (unpaired) electrons. The molecule has 1 fully saturated rings. The van der Waals surface area contributed by atoms with Gasteiger partial charge in [-0.2, -0.15) is 5.26 Å². The molecule has 0 aromatic carbocycles. The Kier molecular flexibility index (Phi) is 6.51. The van der Waals surface area contributed by atoms with E-state index in [0.717, 1.165) is 32.4 Å². The van der Waals surface area contributed by atoms with Gasteiger partial charge in [-0.15, -0.1) is 0 Å². The van der Waals surface area contributed by atoms with Crippen molar-refractivity contribution in [3.05, 3.63) is 0 Å². The third-order valence-corrected chi connectivity index (χ3v) is 3.32. The Balaban J connectivity index is 2.30. The molecule has 5 heteroatoms. The van der Waals surface area contributed by atoms with Crippen LogP contribution in [0.3, 0.4) is 0 Å². The van der Waals surface area contributed by atoms with E-state index in [9.17, 15) is 4.79 Å². The van der Waals surface area contributed by atoms with Crippen LogP contribution in [0.2, 0.25) is 0 Å². The minimum Gasteiger partial charge on any atom is -0.450 e. The van der Waals surface area contributed by atoms with Crippen molar-refractivity contribution in [2.75, 3.05) is 19.7 Å². The molecule has 1 N–H and O–H groups in total. The van der Waals surface area contributed by atoms with Crippen LogP contribution in [0.15, 0.2) is 0 Å². The van der Waals surface area contributed by atoms with Gasteiger partial charge < -0.3 is 15.0 Å². The zero-order valence-corrected chi connectivity index (χ0v) is 11.3. The summed E-state index contributed by atoms with van der Waals surface area (Å²) in [6, 6.07) is 2.89. The van der Waals surface area contributed by atoms with E-state index in [1.54, 1.807) is 4.90 Å². The van der Waals surface area contributed by atoms with Crippen molar-refractivity contribution in [1.82, 2.24) is 10.2 Å². The van der Waals surface area contributed by atoms with E-state index < -0.39 is 0 Å². The first-order valence-electron chi connectivity index (χ1n) is 6.75. The number of nitriles is 1. The number of carbonyl (C=O) groups excluding carboxylic acids is 1. The lowest BCUT2D eigenvalue weighted by Crippen LogP contribution is -2.47. The lowest BCUT2D eigenvalue weighted by Gasteiger charge is -2.33. The molecular formula is C13H23N3O2. The van der Waals surface area contributed by atoms with E-state index in [1.165, 1.54) is 0 Å². The second-order valence-electron chi connectivity index (χ2n) is 4.59. The number of ether oxygens (including phenoxy) is 1. The van der Waals surface area contributed by atoms with Gasteiger partial charge in [0.2, 0.25) is 0 Å². The summed E-state index contributed by atoms with van der Waals surface area (Å²) in [6.07, 6.45) is 3.17. The van der Waals surface area contributed by atoms with Gasteiger partial charge in [0.15, 0.2) is 0 Å². The molecular weight excluding hydrogens is 230 g/mol. The predicted octanol–water partition coefficient (Wildman–Crippen LogP) is 1.89. The van der Waals surface area contributed by atoms with Crippen LogP contribution in [-0.2, 0) is 4.74 Å². The SMILES string of the molecule is CCOC(=O)N1CCC(NC(CC)CC#N)CC1. The van der Waals surface area contributed by atoms with Gasteiger partial charge in [0.1, 0.15) is 0 Å². The number of hydrogen-bond donors (Lipinski definition) is 1. The first-order chi connectivity index (χ1) is 8.71. The Morgan fingerprint density at radius 3 is 2.67 bits per heavy atom. The molecule has 1 rings (SSSR count). The Labute approximate surface area is 109 Å². The number of hydrogen-bond acceptors (Lipinski definition) is 4. The highest BCUT2D eigenvalue weighted by molar-refractivity contribution is 5.67. The minimum atomic E-state index is -0.208. The lowest BCUT2D eigenvalue weighted by molar-refractivity contribution is 0.0942. The molecule has 18 heavy (non-hydrogen) atoms. The van der Waals surface area contributed by atoms with Gasteiger partial charge in [-0.3, -0.25) is 0 Å². The van der Waals surface area contributed by atoms with Crippen LogP contribution in [0.25, 0.3) is 0 Å². The average Bonchev–Trinajstić information content (AvgIpc) is 2.39. The molecule has 0 saturated carbocycles. The maximum atomic E-state index is 11.5. The smallest absolute Gasteiger partial charge is 0.409 e. The summed E-state index contributed by atoms with van der Waals surface area (Å²) in [7, 11) is 0. The van der Waals surface area contributed by atoms with Crippen LogP contribution < -0.4 is 5.32 Å². The molecule has 0 aromatic rings. The van der Waals surface area contributed by atoms with Crippen LogP contribution in [0.4, 0.5) is 4.79 Å². The van der Waals surface area contributed by atoms with Crippen molar-refractivity contribution in [3.8, 4) is 6.07 Å². The molecule has 1 heterocycles. The number of amides is 1. The molecule has 0 aromatic heterocycles. The molecule has 1 unspecified atom stereocenters. The van der Waals surface area contributed by atoms with Gasteiger partial charge in [-0.1, -0.05) is 6.92 Å². The Bertz CT molecular complexity index is 293. The quantitative estimate of drug-likeness (QED) is 0.812. The highest BCUT2D eigenvalue weighted by Gasteiger charge is 2.24. The maximum absolute atomic E-state index is 11.5. The average molecular weight is 253 g/mol. The third kappa shape index (κ3) is 4.53. The normalized spacial score (nSPS) is 18.2. The molecule has 1 atom stereocenters. The predicted molar refractivity (Wildman–Crippen MR) is 69.1 cm³/mol. The van der Waals surface area contributed by atoms with E-state index in [-0.39, 0.29) is 12.1 Å². The summed E-state index contributed by atoms with van der Waals surface area (Å²) in [5.74, 6) is 0. The number of likely N-dealkylation sites (tertiary alicyclic amines) is 1. The van der Waals surface area contributed by atoms with Crippen LogP contribution in [0.1, 0.15) is 39.5 Å². The fourth-order valence-electron chi connectivity index (χ4n) is 2.21. The Hall–Kier alpha value is -1.28. The van der Waals surface area contributed by atoms with Crippen LogP contribution >= 0.6 is 0 Å². The minimum absolute atomic E-state index is 0.208. The zero-order chi connectivity index (χ0) is 13.4. The molecule has 1 amide bonds. The first kappa shape index (κ1) is 14.8. The number of carbonyl (C=O) groups is 1. The molecule has 5 nitrogen and oxygen atoms in total. The van der Waals surface area contributed by atoms with Crippen molar-refractivity contribution in [1.29, 1.82) is 5.26 Å². The monoisotopic (exact) mass is 253 g/mol. The largest absolute Gasteiger partial charge is 0.450 e. The van der Waals surface area contributed by atoms with E-state index in [1.807, 2.05) is 6.92 Å². The van der Waals surface area contributed by atoms with E-state index in [4.69, 9.17) is 10.00 Å². The van der Waals surface area contributed by atoms with E-state index in [0.29, 0.717) is 19.1 Å². The molecule has 0 spiro atoms. The van der Waals surface area contributed by atoms with Gasteiger partial charge in [0, 0.05) is 25.2 Å². The van der Waals surface area contributed by atoms with Gasteiger partial charge in [0.05, 0.1) is 19.1 Å². The Morgan fingerprint density at radius 1 is 1.50 bits per heavy atom. The second-order valence-corrected chi connectivity index (χ2v) is 4.59. The summed E-state index contributed by atoms with van der Waals surface area (Å²) < 4.78 is 4.98. The van der Waals surface area contributed by atoms with Crippen molar-refractivity contribution < 1.29 is 9.53 Å². The summed E-state index contributed by atoms with van der Waals surface area (Å²) >= 11 is 0. The number of nitrogens with one attached hydrogen (secondary N) is 1.